The van der Waals surface area contributed by atoms with Gasteiger partial charge in [-0.3, -0.25) is 4.79 Å². The Morgan fingerprint density at radius 3 is 2.73 bits per heavy atom. The van der Waals surface area contributed by atoms with E-state index in [4.69, 9.17) is 27.9 Å². The number of ether oxygens (including phenoxy) is 1. The van der Waals surface area contributed by atoms with Gasteiger partial charge in [0.1, 0.15) is 5.15 Å². The van der Waals surface area contributed by atoms with Gasteiger partial charge < -0.3 is 10.1 Å². The average Bonchev–Trinajstić information content (AvgIpc) is 2.86. The fourth-order valence-corrected chi connectivity index (χ4v) is 3.00. The van der Waals surface area contributed by atoms with E-state index >= 15 is 0 Å². The van der Waals surface area contributed by atoms with Gasteiger partial charge in [-0.2, -0.15) is 5.10 Å². The number of nitrogens with one attached hydrogen (secondary N) is 1. The Labute approximate surface area is 164 Å². The molecule has 1 N–H and O–H groups in total. The molecule has 7 heteroatoms. The van der Waals surface area contributed by atoms with Crippen LogP contribution in [0.5, 0.6) is 0 Å². The molecule has 0 aliphatic carbocycles. The third-order valence-corrected chi connectivity index (χ3v) is 4.53. The fourth-order valence-electron chi connectivity index (χ4n) is 2.49. The Morgan fingerprint density at radius 2 is 2.04 bits per heavy atom. The topological polar surface area (TPSA) is 56.2 Å². The molecule has 0 bridgehead atoms. The van der Waals surface area contributed by atoms with E-state index in [1.165, 1.54) is 0 Å². The van der Waals surface area contributed by atoms with Gasteiger partial charge in [-0.1, -0.05) is 55.2 Å². The van der Waals surface area contributed by atoms with Crippen molar-refractivity contribution in [1.29, 1.82) is 0 Å². The summed E-state index contributed by atoms with van der Waals surface area (Å²) in [6, 6.07) is 7.49. The standard InChI is InChI=1S/C19H25Cl2N3O2/c1-13(2)12-26-10-6-9-22-19(25)17-14(3)23-24(18(17)21)11-15-7-4-5-8-16(15)20/h4-5,7-8,13H,6,9-12H2,1-3H3,(H,22,25). The second-order valence-corrected chi connectivity index (χ2v) is 7.34. The number of hydrogen-bond acceptors (Lipinski definition) is 3. The first-order valence-corrected chi connectivity index (χ1v) is 9.48. The second-order valence-electron chi connectivity index (χ2n) is 6.58. The molecule has 0 atom stereocenters. The van der Waals surface area contributed by atoms with Crippen molar-refractivity contribution in [2.75, 3.05) is 19.8 Å². The molecule has 0 fully saturated rings. The number of benzene rings is 1. The van der Waals surface area contributed by atoms with Crippen LogP contribution in [0.3, 0.4) is 0 Å². The average molecular weight is 398 g/mol. The molecule has 2 rings (SSSR count). The highest BCUT2D eigenvalue weighted by atomic mass is 35.5. The molecule has 0 spiro atoms. The number of aromatic nitrogens is 2. The first-order valence-electron chi connectivity index (χ1n) is 8.72. The second kappa shape index (κ2) is 9.95. The molecule has 1 amide bonds. The highest BCUT2D eigenvalue weighted by Crippen LogP contribution is 2.23. The zero-order chi connectivity index (χ0) is 19.1. The number of hydrogen-bond donors (Lipinski definition) is 1. The number of amides is 1. The van der Waals surface area contributed by atoms with Gasteiger partial charge in [0, 0.05) is 24.8 Å². The number of carbonyl (C=O) groups is 1. The van der Waals surface area contributed by atoms with Gasteiger partial charge in [-0.25, -0.2) is 4.68 Å². The van der Waals surface area contributed by atoms with Gasteiger partial charge in [-0.15, -0.1) is 0 Å². The minimum atomic E-state index is -0.221. The molecule has 1 heterocycles. The van der Waals surface area contributed by atoms with Gasteiger partial charge >= 0.3 is 0 Å². The first kappa shape index (κ1) is 20.7. The number of nitrogens with zero attached hydrogens (tertiary/aromatic N) is 2. The Bertz CT molecular complexity index is 744. The lowest BCUT2D eigenvalue weighted by Crippen LogP contribution is -2.26. The van der Waals surface area contributed by atoms with E-state index < -0.39 is 0 Å². The van der Waals surface area contributed by atoms with Gasteiger partial charge in [0.15, 0.2) is 0 Å². The number of carbonyl (C=O) groups excluding carboxylic acids is 1. The van der Waals surface area contributed by atoms with Crippen LogP contribution in [0.1, 0.15) is 41.9 Å². The van der Waals surface area contributed by atoms with Crippen molar-refractivity contribution in [1.82, 2.24) is 15.1 Å². The lowest BCUT2D eigenvalue weighted by Gasteiger charge is -2.08. The van der Waals surface area contributed by atoms with Crippen molar-refractivity contribution < 1.29 is 9.53 Å². The molecule has 0 aliphatic heterocycles. The Kier molecular flexibility index (Phi) is 7.94. The van der Waals surface area contributed by atoms with E-state index in [0.29, 0.717) is 47.0 Å². The SMILES string of the molecule is Cc1nn(Cc2ccccc2Cl)c(Cl)c1C(=O)NCCCOCC(C)C. The summed E-state index contributed by atoms with van der Waals surface area (Å²) in [5, 5.41) is 8.22. The monoisotopic (exact) mass is 397 g/mol. The molecule has 0 saturated heterocycles. The van der Waals surface area contributed by atoms with Crippen molar-refractivity contribution >= 4 is 29.1 Å². The fraction of sp³-hybridized carbons (Fsp3) is 0.474. The molecule has 1 aromatic carbocycles. The molecule has 0 unspecified atom stereocenters. The van der Waals surface area contributed by atoms with Crippen molar-refractivity contribution in [2.24, 2.45) is 5.92 Å². The van der Waals surface area contributed by atoms with Crippen LogP contribution in [0.15, 0.2) is 24.3 Å². The molecular weight excluding hydrogens is 373 g/mol. The van der Waals surface area contributed by atoms with Crippen LogP contribution in [0.4, 0.5) is 0 Å². The molecule has 0 saturated carbocycles. The Morgan fingerprint density at radius 1 is 1.31 bits per heavy atom. The lowest BCUT2D eigenvalue weighted by atomic mass is 10.2. The molecule has 0 aliphatic rings. The maximum atomic E-state index is 12.4. The van der Waals surface area contributed by atoms with E-state index in [9.17, 15) is 4.79 Å². The predicted octanol–water partition coefficient (Wildman–Crippen LogP) is 4.34. The third kappa shape index (κ3) is 5.73. The smallest absolute Gasteiger partial charge is 0.256 e. The van der Waals surface area contributed by atoms with Crippen LogP contribution in [-0.4, -0.2) is 35.4 Å². The van der Waals surface area contributed by atoms with Crippen molar-refractivity contribution in [3.05, 3.63) is 51.3 Å². The quantitative estimate of drug-likeness (QED) is 0.640. The Hall–Kier alpha value is -1.56. The molecule has 1 aromatic heterocycles. The lowest BCUT2D eigenvalue weighted by molar-refractivity contribution is 0.0924. The van der Waals surface area contributed by atoms with E-state index in [-0.39, 0.29) is 5.91 Å². The van der Waals surface area contributed by atoms with Crippen molar-refractivity contribution in [3.63, 3.8) is 0 Å². The summed E-state index contributed by atoms with van der Waals surface area (Å²) in [4.78, 5) is 12.4. The molecule has 2 aromatic rings. The summed E-state index contributed by atoms with van der Waals surface area (Å²) >= 11 is 12.6. The predicted molar refractivity (Wildman–Crippen MR) is 105 cm³/mol. The minimum Gasteiger partial charge on any atom is -0.381 e. The summed E-state index contributed by atoms with van der Waals surface area (Å²) < 4.78 is 7.10. The van der Waals surface area contributed by atoms with Crippen LogP contribution in [0, 0.1) is 12.8 Å². The highest BCUT2D eigenvalue weighted by Gasteiger charge is 2.20. The number of halogens is 2. The summed E-state index contributed by atoms with van der Waals surface area (Å²) in [5.74, 6) is 0.289. The third-order valence-electron chi connectivity index (χ3n) is 3.77. The number of rotatable bonds is 9. The highest BCUT2D eigenvalue weighted by molar-refractivity contribution is 6.33. The van der Waals surface area contributed by atoms with Crippen LogP contribution >= 0.6 is 23.2 Å². The summed E-state index contributed by atoms with van der Waals surface area (Å²) in [7, 11) is 0. The summed E-state index contributed by atoms with van der Waals surface area (Å²) in [5.41, 5.74) is 1.89. The Balaban J connectivity index is 1.94. The zero-order valence-electron chi connectivity index (χ0n) is 15.4. The van der Waals surface area contributed by atoms with E-state index in [2.05, 4.69) is 24.3 Å². The molecule has 26 heavy (non-hydrogen) atoms. The van der Waals surface area contributed by atoms with Gasteiger partial charge in [-0.05, 0) is 30.9 Å². The minimum absolute atomic E-state index is 0.221. The molecule has 5 nitrogen and oxygen atoms in total. The van der Waals surface area contributed by atoms with Crippen molar-refractivity contribution in [3.8, 4) is 0 Å². The van der Waals surface area contributed by atoms with Gasteiger partial charge in [0.25, 0.3) is 5.91 Å². The maximum absolute atomic E-state index is 12.4. The van der Waals surface area contributed by atoms with E-state index in [0.717, 1.165) is 18.6 Å². The summed E-state index contributed by atoms with van der Waals surface area (Å²) in [6.07, 6.45) is 0.753. The van der Waals surface area contributed by atoms with Gasteiger partial charge in [0.05, 0.1) is 17.8 Å². The van der Waals surface area contributed by atoms with E-state index in [1.807, 2.05) is 24.3 Å². The first-order chi connectivity index (χ1) is 12.4. The van der Waals surface area contributed by atoms with Crippen molar-refractivity contribution in [2.45, 2.75) is 33.7 Å². The van der Waals surface area contributed by atoms with Crippen LogP contribution in [0.2, 0.25) is 10.2 Å². The summed E-state index contributed by atoms with van der Waals surface area (Å²) in [6.45, 7) is 8.28. The van der Waals surface area contributed by atoms with Gasteiger partial charge in [0.2, 0.25) is 0 Å². The zero-order valence-corrected chi connectivity index (χ0v) is 16.9. The van der Waals surface area contributed by atoms with E-state index in [1.54, 1.807) is 11.6 Å². The largest absolute Gasteiger partial charge is 0.381 e. The van der Waals surface area contributed by atoms with Crippen LogP contribution in [-0.2, 0) is 11.3 Å². The number of aryl methyl sites for hydroxylation is 1. The maximum Gasteiger partial charge on any atom is 0.256 e. The molecule has 142 valence electrons. The molecular formula is C19H25Cl2N3O2. The van der Waals surface area contributed by atoms with Crippen LogP contribution < -0.4 is 5.32 Å². The molecule has 0 radical (unpaired) electrons. The van der Waals surface area contributed by atoms with Crippen LogP contribution in [0.25, 0.3) is 0 Å². The normalized spacial score (nSPS) is 11.2.